The lowest BCUT2D eigenvalue weighted by Crippen LogP contribution is -2.23. The van der Waals surface area contributed by atoms with Crippen LogP contribution in [0.5, 0.6) is 0 Å². The van der Waals surface area contributed by atoms with Gasteiger partial charge < -0.3 is 4.74 Å². The minimum absolute atomic E-state index is 0.149. The Kier molecular flexibility index (Phi) is 5.79. The molecule has 0 saturated carbocycles. The minimum atomic E-state index is -0.444. The van der Waals surface area contributed by atoms with Gasteiger partial charge in [0, 0.05) is 0 Å². The van der Waals surface area contributed by atoms with E-state index < -0.39 is 5.41 Å². The van der Waals surface area contributed by atoms with Crippen molar-refractivity contribution in [1.82, 2.24) is 0 Å². The van der Waals surface area contributed by atoms with Crippen molar-refractivity contribution in [3.05, 3.63) is 35.4 Å². The second-order valence-corrected chi connectivity index (χ2v) is 7.02. The maximum absolute atomic E-state index is 11.9. The van der Waals surface area contributed by atoms with Gasteiger partial charge in [0.2, 0.25) is 0 Å². The number of carbonyl (C=O) groups is 1. The van der Waals surface area contributed by atoms with Gasteiger partial charge in [-0.1, -0.05) is 45.0 Å². The number of hydrogen-bond donors (Lipinski definition) is 0. The maximum Gasteiger partial charge on any atom is 0.311 e. The molecule has 112 valence electrons. The molecule has 1 aromatic carbocycles. The fraction of sp³-hybridized carbons (Fsp3) is 0.611. The molecule has 0 amide bonds. The van der Waals surface area contributed by atoms with Crippen LogP contribution in [0.3, 0.4) is 0 Å². The Morgan fingerprint density at radius 2 is 1.65 bits per heavy atom. The molecular weight excluding hydrogens is 248 g/mol. The molecule has 0 spiro atoms. The normalized spacial score (nSPS) is 13.3. The van der Waals surface area contributed by atoms with Gasteiger partial charge in [-0.05, 0) is 50.2 Å². The summed E-state index contributed by atoms with van der Waals surface area (Å²) in [6.07, 6.45) is 1.03. The van der Waals surface area contributed by atoms with E-state index in [-0.39, 0.29) is 5.97 Å². The van der Waals surface area contributed by atoms with Crippen molar-refractivity contribution in [2.45, 2.75) is 54.6 Å². The zero-order valence-corrected chi connectivity index (χ0v) is 13.7. The molecule has 2 heteroatoms. The fourth-order valence-corrected chi connectivity index (χ4v) is 1.84. The highest BCUT2D eigenvalue weighted by molar-refractivity contribution is 5.75. The third-order valence-corrected chi connectivity index (χ3v) is 3.77. The lowest BCUT2D eigenvalue weighted by Gasteiger charge is -2.20. The van der Waals surface area contributed by atoms with E-state index in [0.29, 0.717) is 18.4 Å². The second kappa shape index (κ2) is 6.92. The summed E-state index contributed by atoms with van der Waals surface area (Å²) in [4.78, 5) is 11.9. The largest absolute Gasteiger partial charge is 0.460 e. The number of ether oxygens (including phenoxy) is 1. The Morgan fingerprint density at radius 1 is 1.10 bits per heavy atom. The molecule has 0 saturated heterocycles. The molecule has 0 radical (unpaired) electrons. The van der Waals surface area contributed by atoms with Crippen molar-refractivity contribution in [3.8, 4) is 0 Å². The molecule has 1 rings (SSSR count). The van der Waals surface area contributed by atoms with Crippen LogP contribution in [0.1, 0.15) is 52.7 Å². The summed E-state index contributed by atoms with van der Waals surface area (Å²) in [5.74, 6) is 1.12. The average molecular weight is 276 g/mol. The van der Waals surface area contributed by atoms with E-state index >= 15 is 0 Å². The van der Waals surface area contributed by atoms with Crippen molar-refractivity contribution >= 4 is 5.97 Å². The first kappa shape index (κ1) is 16.7. The fourth-order valence-electron chi connectivity index (χ4n) is 1.84. The van der Waals surface area contributed by atoms with Gasteiger partial charge in [-0.25, -0.2) is 0 Å². The maximum atomic E-state index is 11.9. The van der Waals surface area contributed by atoms with Crippen LogP contribution >= 0.6 is 0 Å². The predicted octanol–water partition coefficient (Wildman–Crippen LogP) is 4.61. The molecule has 20 heavy (non-hydrogen) atoms. The predicted molar refractivity (Wildman–Crippen MR) is 83.4 cm³/mol. The molecule has 0 N–H and O–H groups in total. The molecular formula is C18H28O2. The molecule has 1 aromatic rings. The average Bonchev–Trinajstić information content (AvgIpc) is 2.36. The zero-order valence-electron chi connectivity index (χ0n) is 13.7. The van der Waals surface area contributed by atoms with Crippen molar-refractivity contribution in [2.75, 3.05) is 0 Å². The number of carbonyl (C=O) groups excluding carboxylic acids is 1. The van der Waals surface area contributed by atoms with Crippen LogP contribution in [0.15, 0.2) is 24.3 Å². The Morgan fingerprint density at radius 3 is 2.15 bits per heavy atom. The van der Waals surface area contributed by atoms with Crippen LogP contribution in [0.4, 0.5) is 0 Å². The van der Waals surface area contributed by atoms with E-state index in [1.54, 1.807) is 0 Å². The van der Waals surface area contributed by atoms with E-state index in [1.165, 1.54) is 5.56 Å². The molecule has 1 atom stereocenters. The van der Waals surface area contributed by atoms with Gasteiger partial charge in [0.15, 0.2) is 0 Å². The molecule has 0 fully saturated rings. The van der Waals surface area contributed by atoms with Gasteiger partial charge in [-0.2, -0.15) is 0 Å². The summed E-state index contributed by atoms with van der Waals surface area (Å²) in [5, 5.41) is 0. The van der Waals surface area contributed by atoms with Crippen LogP contribution in [-0.2, 0) is 22.6 Å². The Labute approximate surface area is 123 Å². The summed E-state index contributed by atoms with van der Waals surface area (Å²) in [5.41, 5.74) is 1.97. The van der Waals surface area contributed by atoms with Crippen LogP contribution in [0.25, 0.3) is 0 Å². The first-order valence-corrected chi connectivity index (χ1v) is 7.46. The van der Waals surface area contributed by atoms with Gasteiger partial charge in [0.1, 0.15) is 6.61 Å². The highest BCUT2D eigenvalue weighted by Crippen LogP contribution is 2.21. The zero-order chi connectivity index (χ0) is 15.3. The van der Waals surface area contributed by atoms with Crippen LogP contribution < -0.4 is 0 Å². The molecule has 0 heterocycles. The molecule has 0 aromatic heterocycles. The lowest BCUT2D eigenvalue weighted by molar-refractivity contribution is -0.154. The van der Waals surface area contributed by atoms with Gasteiger partial charge in [0.05, 0.1) is 5.41 Å². The third-order valence-electron chi connectivity index (χ3n) is 3.77. The van der Waals surface area contributed by atoms with E-state index in [4.69, 9.17) is 4.74 Å². The lowest BCUT2D eigenvalue weighted by atomic mass is 9.89. The number of esters is 1. The SMILES string of the molecule is CC(C)C(C)Cc1ccccc1COC(=O)C(C)(C)C. The number of hydrogen-bond acceptors (Lipinski definition) is 2. The summed E-state index contributed by atoms with van der Waals surface area (Å²) in [7, 11) is 0. The van der Waals surface area contributed by atoms with E-state index in [9.17, 15) is 4.79 Å². The molecule has 0 aliphatic heterocycles. The minimum Gasteiger partial charge on any atom is -0.460 e. The highest BCUT2D eigenvalue weighted by Gasteiger charge is 2.23. The van der Waals surface area contributed by atoms with Crippen LogP contribution in [0, 0.1) is 17.3 Å². The summed E-state index contributed by atoms with van der Waals surface area (Å²) in [6, 6.07) is 8.25. The number of rotatable bonds is 5. The molecule has 2 nitrogen and oxygen atoms in total. The molecule has 0 bridgehead atoms. The smallest absolute Gasteiger partial charge is 0.311 e. The second-order valence-electron chi connectivity index (χ2n) is 7.02. The van der Waals surface area contributed by atoms with Crippen LogP contribution in [0.2, 0.25) is 0 Å². The first-order valence-electron chi connectivity index (χ1n) is 7.46. The first-order chi connectivity index (χ1) is 9.21. The Hall–Kier alpha value is -1.31. The van der Waals surface area contributed by atoms with Gasteiger partial charge >= 0.3 is 5.97 Å². The van der Waals surface area contributed by atoms with Crippen LogP contribution in [-0.4, -0.2) is 5.97 Å². The van der Waals surface area contributed by atoms with E-state index in [2.05, 4.69) is 39.0 Å². The molecule has 0 aliphatic rings. The Balaban J connectivity index is 2.74. The molecule has 1 unspecified atom stereocenters. The van der Waals surface area contributed by atoms with Gasteiger partial charge in [-0.15, -0.1) is 0 Å². The van der Waals surface area contributed by atoms with Crippen molar-refractivity contribution in [1.29, 1.82) is 0 Å². The van der Waals surface area contributed by atoms with Crippen molar-refractivity contribution in [3.63, 3.8) is 0 Å². The summed E-state index contributed by atoms with van der Waals surface area (Å²) >= 11 is 0. The standard InChI is InChI=1S/C18H28O2/c1-13(2)14(3)11-15-9-7-8-10-16(15)12-20-17(19)18(4,5)6/h7-10,13-14H,11-12H2,1-6H3. The molecule has 0 aliphatic carbocycles. The number of benzene rings is 1. The van der Waals surface area contributed by atoms with Gasteiger partial charge in [0.25, 0.3) is 0 Å². The summed E-state index contributed by atoms with van der Waals surface area (Å²) in [6.45, 7) is 12.8. The Bertz CT molecular complexity index is 441. The van der Waals surface area contributed by atoms with Crippen molar-refractivity contribution < 1.29 is 9.53 Å². The van der Waals surface area contributed by atoms with E-state index in [0.717, 1.165) is 12.0 Å². The highest BCUT2D eigenvalue weighted by atomic mass is 16.5. The van der Waals surface area contributed by atoms with E-state index in [1.807, 2.05) is 26.8 Å². The van der Waals surface area contributed by atoms with Crippen molar-refractivity contribution in [2.24, 2.45) is 17.3 Å². The quantitative estimate of drug-likeness (QED) is 0.734. The van der Waals surface area contributed by atoms with Gasteiger partial charge in [-0.3, -0.25) is 4.79 Å². The monoisotopic (exact) mass is 276 g/mol. The summed E-state index contributed by atoms with van der Waals surface area (Å²) < 4.78 is 5.44. The topological polar surface area (TPSA) is 26.3 Å². The third kappa shape index (κ3) is 4.99.